The zero-order chi connectivity index (χ0) is 20.2. The summed E-state index contributed by atoms with van der Waals surface area (Å²) in [5.74, 6) is 1.56. The smallest absolute Gasteiger partial charge is 0.251 e. The van der Waals surface area contributed by atoms with Gasteiger partial charge >= 0.3 is 0 Å². The number of methoxy groups -OCH3 is 1. The van der Waals surface area contributed by atoms with Crippen LogP contribution >= 0.6 is 0 Å². The van der Waals surface area contributed by atoms with Gasteiger partial charge in [-0.15, -0.1) is 0 Å². The number of benzene rings is 2. The van der Waals surface area contributed by atoms with E-state index in [9.17, 15) is 4.79 Å². The lowest BCUT2D eigenvalue weighted by atomic mass is 10.00. The third-order valence-corrected chi connectivity index (χ3v) is 5.39. The van der Waals surface area contributed by atoms with Crippen LogP contribution in [0.3, 0.4) is 0 Å². The minimum Gasteiger partial charge on any atom is -0.496 e. The fraction of sp³-hybridized carbons (Fsp3) is 0.250. The Kier molecular flexibility index (Phi) is 5.47. The molecule has 0 spiro atoms. The first-order chi connectivity index (χ1) is 14.1. The Hall–Kier alpha value is -3.34. The van der Waals surface area contributed by atoms with Crippen molar-refractivity contribution in [3.05, 3.63) is 88.6 Å². The molecule has 5 heteroatoms. The number of carbonyl (C=O) groups is 1. The van der Waals surface area contributed by atoms with E-state index in [1.54, 1.807) is 13.2 Å². The van der Waals surface area contributed by atoms with Crippen LogP contribution in [0.4, 0.5) is 5.82 Å². The Morgan fingerprint density at radius 2 is 1.97 bits per heavy atom. The van der Waals surface area contributed by atoms with E-state index in [1.807, 2.05) is 37.4 Å². The highest BCUT2D eigenvalue weighted by atomic mass is 16.5. The van der Waals surface area contributed by atoms with Gasteiger partial charge in [0.25, 0.3) is 5.91 Å². The summed E-state index contributed by atoms with van der Waals surface area (Å²) in [5.41, 5.74) is 5.35. The molecular formula is C24H25N3O2. The van der Waals surface area contributed by atoms with Gasteiger partial charge in [-0.25, -0.2) is 4.98 Å². The molecule has 0 saturated carbocycles. The first kappa shape index (κ1) is 19.0. The van der Waals surface area contributed by atoms with Gasteiger partial charge in [0.1, 0.15) is 11.6 Å². The molecule has 1 aliphatic heterocycles. The Morgan fingerprint density at radius 1 is 1.14 bits per heavy atom. The van der Waals surface area contributed by atoms with E-state index in [0.29, 0.717) is 17.9 Å². The third-order valence-electron chi connectivity index (χ3n) is 5.39. The lowest BCUT2D eigenvalue weighted by molar-refractivity contribution is 0.0950. The van der Waals surface area contributed by atoms with E-state index in [1.165, 1.54) is 11.1 Å². The highest BCUT2D eigenvalue weighted by molar-refractivity contribution is 5.94. The molecular weight excluding hydrogens is 362 g/mol. The molecule has 0 radical (unpaired) electrons. The number of ether oxygens (including phenoxy) is 1. The number of rotatable bonds is 5. The Balaban J connectivity index is 1.37. The number of hydrogen-bond acceptors (Lipinski definition) is 4. The topological polar surface area (TPSA) is 54.5 Å². The maximum atomic E-state index is 12.4. The Morgan fingerprint density at radius 3 is 2.72 bits per heavy atom. The number of aryl methyl sites for hydroxylation is 1. The van der Waals surface area contributed by atoms with Crippen molar-refractivity contribution in [2.75, 3.05) is 18.6 Å². The van der Waals surface area contributed by atoms with Crippen molar-refractivity contribution in [3.63, 3.8) is 0 Å². The number of nitrogens with one attached hydrogen (secondary N) is 1. The van der Waals surface area contributed by atoms with E-state index >= 15 is 0 Å². The first-order valence-electron chi connectivity index (χ1n) is 9.83. The summed E-state index contributed by atoms with van der Waals surface area (Å²) in [7, 11) is 1.61. The molecule has 3 aromatic rings. The van der Waals surface area contributed by atoms with Crippen molar-refractivity contribution < 1.29 is 9.53 Å². The molecule has 0 bridgehead atoms. The van der Waals surface area contributed by atoms with E-state index in [0.717, 1.165) is 36.5 Å². The number of pyridine rings is 1. The van der Waals surface area contributed by atoms with Crippen molar-refractivity contribution in [2.45, 2.75) is 26.4 Å². The second-order valence-corrected chi connectivity index (χ2v) is 7.33. The highest BCUT2D eigenvalue weighted by Gasteiger charge is 2.17. The van der Waals surface area contributed by atoms with Gasteiger partial charge in [0.2, 0.25) is 0 Å². The van der Waals surface area contributed by atoms with Crippen LogP contribution in [0, 0.1) is 6.92 Å². The molecule has 0 atom stereocenters. The molecule has 2 aromatic carbocycles. The molecule has 0 fully saturated rings. The van der Waals surface area contributed by atoms with Crippen molar-refractivity contribution in [1.82, 2.24) is 10.3 Å². The molecule has 2 heterocycles. The van der Waals surface area contributed by atoms with Gasteiger partial charge in [-0.2, -0.15) is 0 Å². The van der Waals surface area contributed by atoms with Crippen LogP contribution in [0.2, 0.25) is 0 Å². The summed E-state index contributed by atoms with van der Waals surface area (Å²) in [4.78, 5) is 19.3. The van der Waals surface area contributed by atoms with Gasteiger partial charge in [0.05, 0.1) is 7.11 Å². The highest BCUT2D eigenvalue weighted by Crippen LogP contribution is 2.23. The lowest BCUT2D eigenvalue weighted by Crippen LogP contribution is -2.31. The van der Waals surface area contributed by atoms with Crippen LogP contribution in [0.5, 0.6) is 5.75 Å². The standard InChI is InChI=1S/C24H25N3O2/c1-17-7-9-20(13-22(17)29-2)24(28)26-15-18-8-10-23(25-14-18)27-12-11-19-5-3-4-6-21(19)16-27/h3-10,13-14H,11-12,15-16H2,1-2H3,(H,26,28). The summed E-state index contributed by atoms with van der Waals surface area (Å²) in [6, 6.07) is 18.1. The van der Waals surface area contributed by atoms with Gasteiger partial charge in [-0.3, -0.25) is 4.79 Å². The molecule has 0 aliphatic carbocycles. The van der Waals surface area contributed by atoms with Crippen molar-refractivity contribution >= 4 is 11.7 Å². The third kappa shape index (κ3) is 4.24. The van der Waals surface area contributed by atoms with Crippen LogP contribution < -0.4 is 15.0 Å². The summed E-state index contributed by atoms with van der Waals surface area (Å²) >= 11 is 0. The molecule has 1 aliphatic rings. The predicted octanol–water partition coefficient (Wildman–Crippen LogP) is 3.89. The van der Waals surface area contributed by atoms with Crippen molar-refractivity contribution in [3.8, 4) is 5.75 Å². The summed E-state index contributed by atoms with van der Waals surface area (Å²) in [5, 5.41) is 2.95. The van der Waals surface area contributed by atoms with E-state index < -0.39 is 0 Å². The fourth-order valence-corrected chi connectivity index (χ4v) is 3.65. The van der Waals surface area contributed by atoms with E-state index in [4.69, 9.17) is 4.74 Å². The lowest BCUT2D eigenvalue weighted by Gasteiger charge is -2.29. The normalized spacial score (nSPS) is 13.0. The molecule has 1 amide bonds. The van der Waals surface area contributed by atoms with Crippen LogP contribution in [0.25, 0.3) is 0 Å². The zero-order valence-corrected chi connectivity index (χ0v) is 16.8. The fourth-order valence-electron chi connectivity index (χ4n) is 3.65. The van der Waals surface area contributed by atoms with Crippen LogP contribution in [0.1, 0.15) is 32.6 Å². The number of carbonyl (C=O) groups excluding carboxylic acids is 1. The number of nitrogens with zero attached hydrogens (tertiary/aromatic N) is 2. The van der Waals surface area contributed by atoms with Crippen molar-refractivity contribution in [1.29, 1.82) is 0 Å². The van der Waals surface area contributed by atoms with Crippen molar-refractivity contribution in [2.24, 2.45) is 0 Å². The van der Waals surface area contributed by atoms with Gasteiger partial charge in [0.15, 0.2) is 0 Å². The summed E-state index contributed by atoms with van der Waals surface area (Å²) in [6.07, 6.45) is 2.88. The molecule has 1 aromatic heterocycles. The largest absolute Gasteiger partial charge is 0.496 e. The zero-order valence-electron chi connectivity index (χ0n) is 16.8. The van der Waals surface area contributed by atoms with Gasteiger partial charge in [-0.1, -0.05) is 36.4 Å². The average Bonchev–Trinajstić information content (AvgIpc) is 2.78. The second-order valence-electron chi connectivity index (χ2n) is 7.33. The molecule has 0 unspecified atom stereocenters. The number of anilines is 1. The van der Waals surface area contributed by atoms with E-state index in [-0.39, 0.29) is 5.91 Å². The molecule has 29 heavy (non-hydrogen) atoms. The maximum absolute atomic E-state index is 12.4. The number of fused-ring (bicyclic) bond motifs is 1. The van der Waals surface area contributed by atoms with Gasteiger partial charge in [-0.05, 0) is 53.8 Å². The van der Waals surface area contributed by atoms with Crippen LogP contribution in [0.15, 0.2) is 60.8 Å². The number of hydrogen-bond donors (Lipinski definition) is 1. The minimum absolute atomic E-state index is 0.125. The maximum Gasteiger partial charge on any atom is 0.251 e. The Bertz CT molecular complexity index is 1010. The van der Waals surface area contributed by atoms with E-state index in [2.05, 4.69) is 39.5 Å². The predicted molar refractivity (Wildman–Crippen MR) is 114 cm³/mol. The van der Waals surface area contributed by atoms with Crippen LogP contribution in [-0.4, -0.2) is 24.5 Å². The molecule has 148 valence electrons. The van der Waals surface area contributed by atoms with Gasteiger partial charge < -0.3 is 15.0 Å². The first-order valence-corrected chi connectivity index (χ1v) is 9.83. The summed E-state index contributed by atoms with van der Waals surface area (Å²) in [6.45, 7) is 4.24. The minimum atomic E-state index is -0.125. The number of amides is 1. The summed E-state index contributed by atoms with van der Waals surface area (Å²) < 4.78 is 5.30. The average molecular weight is 387 g/mol. The second kappa shape index (κ2) is 8.35. The molecule has 5 nitrogen and oxygen atoms in total. The number of aromatic nitrogens is 1. The Labute approximate surface area is 171 Å². The molecule has 1 N–H and O–H groups in total. The monoisotopic (exact) mass is 387 g/mol. The molecule has 0 saturated heterocycles. The SMILES string of the molecule is COc1cc(C(=O)NCc2ccc(N3CCc4ccccc4C3)nc2)ccc1C. The van der Waals surface area contributed by atoms with Crippen LogP contribution in [-0.2, 0) is 19.5 Å². The molecule has 4 rings (SSSR count). The van der Waals surface area contributed by atoms with Gasteiger partial charge in [0, 0.05) is 31.4 Å². The quantitative estimate of drug-likeness (QED) is 0.722.